The third kappa shape index (κ3) is 3.06. The van der Waals surface area contributed by atoms with Crippen LogP contribution in [0.5, 0.6) is 0 Å². The maximum absolute atomic E-state index is 13.2. The summed E-state index contributed by atoms with van der Waals surface area (Å²) >= 11 is 11.7. The summed E-state index contributed by atoms with van der Waals surface area (Å²) in [6.45, 7) is 1.29. The normalized spacial score (nSPS) is 20.4. The lowest BCUT2D eigenvalue weighted by Gasteiger charge is -2.32. The number of nitrogens with zero attached hydrogens (tertiary/aromatic N) is 3. The zero-order chi connectivity index (χ0) is 19.3. The van der Waals surface area contributed by atoms with E-state index in [4.69, 9.17) is 23.2 Å². The molecule has 1 amide bonds. The fourth-order valence-corrected chi connectivity index (χ4v) is 2.80. The maximum atomic E-state index is 13.2. The number of aromatic nitrogens is 2. The quantitative estimate of drug-likeness (QED) is 0.794. The number of H-pyrrole nitrogens is 1. The Hall–Kier alpha value is -2.10. The van der Waals surface area contributed by atoms with Crippen molar-refractivity contribution >= 4 is 34.8 Å². The van der Waals surface area contributed by atoms with Gasteiger partial charge < -0.3 is 5.11 Å². The van der Waals surface area contributed by atoms with Gasteiger partial charge in [0.25, 0.3) is 11.6 Å². The minimum Gasteiger partial charge on any atom is -0.362 e. The lowest BCUT2D eigenvalue weighted by Crippen LogP contribution is -2.56. The van der Waals surface area contributed by atoms with Crippen LogP contribution in [0.1, 0.15) is 23.8 Å². The van der Waals surface area contributed by atoms with Crippen LogP contribution in [0.4, 0.5) is 13.2 Å². The number of alkyl halides is 3. The van der Waals surface area contributed by atoms with Crippen molar-refractivity contribution in [3.63, 3.8) is 0 Å². The fraction of sp³-hybridized carbons (Fsp3) is 0.267. The first kappa shape index (κ1) is 18.7. The molecule has 2 aromatic rings. The minimum absolute atomic E-state index is 0.0223. The van der Waals surface area contributed by atoms with Gasteiger partial charge in [-0.25, -0.2) is 0 Å². The van der Waals surface area contributed by atoms with Gasteiger partial charge in [-0.1, -0.05) is 29.3 Å². The number of carbonyl (C=O) groups excluding carboxylic acids is 1. The topological polar surface area (TPSA) is 81.6 Å². The monoisotopic (exact) mass is 406 g/mol. The summed E-state index contributed by atoms with van der Waals surface area (Å²) in [5.74, 6) is -1.17. The van der Waals surface area contributed by atoms with Crippen LogP contribution < -0.4 is 0 Å². The van der Waals surface area contributed by atoms with Crippen molar-refractivity contribution < 1.29 is 23.1 Å². The van der Waals surface area contributed by atoms with Crippen molar-refractivity contribution in [3.8, 4) is 11.3 Å². The van der Waals surface area contributed by atoms with Gasteiger partial charge in [0.1, 0.15) is 5.69 Å². The van der Waals surface area contributed by atoms with Gasteiger partial charge in [0.2, 0.25) is 0 Å². The molecule has 0 radical (unpaired) electrons. The second-order valence-electron chi connectivity index (χ2n) is 5.74. The Bertz CT molecular complexity index is 913. The van der Waals surface area contributed by atoms with E-state index in [2.05, 4.69) is 15.3 Å². The summed E-state index contributed by atoms with van der Waals surface area (Å²) in [6.07, 6.45) is -5.90. The minimum atomic E-state index is -5.07. The predicted molar refractivity (Wildman–Crippen MR) is 88.9 cm³/mol. The van der Waals surface area contributed by atoms with Crippen molar-refractivity contribution in [1.82, 2.24) is 15.2 Å². The maximum Gasteiger partial charge on any atom is 0.438 e. The number of amides is 1. The molecule has 1 aromatic heterocycles. The smallest absolute Gasteiger partial charge is 0.362 e. The van der Waals surface area contributed by atoms with Gasteiger partial charge >= 0.3 is 6.18 Å². The Morgan fingerprint density at radius 3 is 2.62 bits per heavy atom. The molecule has 3 rings (SSSR count). The Morgan fingerprint density at radius 1 is 1.31 bits per heavy atom. The predicted octanol–water partition coefficient (Wildman–Crippen LogP) is 3.86. The van der Waals surface area contributed by atoms with Gasteiger partial charge in [-0.2, -0.15) is 28.4 Å². The van der Waals surface area contributed by atoms with E-state index in [1.54, 1.807) is 6.07 Å². The number of nitrogens with one attached hydrogen (secondary N) is 1. The molecule has 26 heavy (non-hydrogen) atoms. The van der Waals surface area contributed by atoms with Gasteiger partial charge in [-0.15, -0.1) is 0 Å². The highest BCUT2D eigenvalue weighted by Gasteiger charge is 2.62. The van der Waals surface area contributed by atoms with Crippen LogP contribution in [-0.4, -0.2) is 43.8 Å². The molecule has 0 aliphatic carbocycles. The molecule has 0 spiro atoms. The number of hydrogen-bond donors (Lipinski definition) is 2. The van der Waals surface area contributed by atoms with Crippen LogP contribution in [-0.2, 0) is 0 Å². The first-order valence-electron chi connectivity index (χ1n) is 7.21. The van der Waals surface area contributed by atoms with Crippen molar-refractivity contribution in [2.45, 2.75) is 25.2 Å². The van der Waals surface area contributed by atoms with Crippen LogP contribution in [0.25, 0.3) is 11.3 Å². The first-order valence-corrected chi connectivity index (χ1v) is 7.97. The Labute approximate surface area is 155 Å². The molecule has 1 aliphatic heterocycles. The van der Waals surface area contributed by atoms with Gasteiger partial charge in [0.15, 0.2) is 0 Å². The number of carbonyl (C=O) groups is 1. The van der Waals surface area contributed by atoms with E-state index in [0.29, 0.717) is 10.6 Å². The number of aliphatic hydroxyl groups is 1. The molecular weight excluding hydrogens is 396 g/mol. The van der Waals surface area contributed by atoms with E-state index in [-0.39, 0.29) is 27.1 Å². The third-order valence-electron chi connectivity index (χ3n) is 3.79. The molecule has 1 aliphatic rings. The Morgan fingerprint density at radius 2 is 2.00 bits per heavy atom. The average molecular weight is 407 g/mol. The first-order chi connectivity index (χ1) is 12.0. The summed E-state index contributed by atoms with van der Waals surface area (Å²) in [4.78, 5) is 12.5. The van der Waals surface area contributed by atoms with E-state index in [1.165, 1.54) is 25.1 Å². The van der Waals surface area contributed by atoms with Crippen LogP contribution in [0.2, 0.25) is 10.0 Å². The second kappa shape index (κ2) is 6.26. The molecule has 11 heteroatoms. The molecule has 138 valence electrons. The van der Waals surface area contributed by atoms with Gasteiger partial charge in [-0.3, -0.25) is 9.89 Å². The highest BCUT2D eigenvalue weighted by Crippen LogP contribution is 2.41. The zero-order valence-corrected chi connectivity index (χ0v) is 14.6. The Kier molecular flexibility index (Phi) is 4.50. The molecule has 2 N–H and O–H groups in total. The lowest BCUT2D eigenvalue weighted by molar-refractivity contribution is -0.297. The van der Waals surface area contributed by atoms with Gasteiger partial charge in [-0.05, 0) is 25.1 Å². The van der Waals surface area contributed by atoms with E-state index < -0.39 is 24.2 Å². The molecule has 0 unspecified atom stereocenters. The SMILES string of the molecule is CC1=NN(C(=O)c2cc(-c3ccc(Cl)c(Cl)c3)n[nH]2)[C@](O)(C(F)(F)F)C1. The molecular formula is C15H11Cl2F3N4O2. The van der Waals surface area contributed by atoms with Crippen LogP contribution in [0.15, 0.2) is 29.4 Å². The van der Waals surface area contributed by atoms with Gasteiger partial charge in [0.05, 0.1) is 15.7 Å². The number of rotatable bonds is 2. The summed E-state index contributed by atoms with van der Waals surface area (Å²) in [7, 11) is 0. The molecule has 0 fully saturated rings. The van der Waals surface area contributed by atoms with Crippen molar-refractivity contribution in [1.29, 1.82) is 0 Å². The van der Waals surface area contributed by atoms with E-state index >= 15 is 0 Å². The fourth-order valence-electron chi connectivity index (χ4n) is 2.50. The van der Waals surface area contributed by atoms with Crippen molar-refractivity contribution in [3.05, 3.63) is 40.0 Å². The van der Waals surface area contributed by atoms with Crippen LogP contribution >= 0.6 is 23.2 Å². The van der Waals surface area contributed by atoms with Crippen molar-refractivity contribution in [2.24, 2.45) is 5.10 Å². The highest BCUT2D eigenvalue weighted by molar-refractivity contribution is 6.42. The number of benzene rings is 1. The van der Waals surface area contributed by atoms with Crippen LogP contribution in [0.3, 0.4) is 0 Å². The lowest BCUT2D eigenvalue weighted by atomic mass is 10.1. The van der Waals surface area contributed by atoms with E-state index in [0.717, 1.165) is 0 Å². The molecule has 0 saturated carbocycles. The standard InChI is InChI=1S/C15H11Cl2F3N4O2/c1-7-6-14(26,15(18,19)20)24(23-7)13(25)12-5-11(21-22-12)8-2-3-9(16)10(17)4-8/h2-5,26H,6H2,1H3,(H,21,22)/t14-/m1/s1. The molecule has 6 nitrogen and oxygen atoms in total. The van der Waals surface area contributed by atoms with Crippen LogP contribution in [0, 0.1) is 0 Å². The summed E-state index contributed by atoms with van der Waals surface area (Å²) < 4.78 is 39.7. The Balaban J connectivity index is 1.93. The number of halogens is 5. The number of hydrogen-bond acceptors (Lipinski definition) is 4. The largest absolute Gasteiger partial charge is 0.438 e. The van der Waals surface area contributed by atoms with Gasteiger partial charge in [0, 0.05) is 17.7 Å². The number of hydrazone groups is 1. The zero-order valence-electron chi connectivity index (χ0n) is 13.1. The molecule has 0 saturated heterocycles. The summed E-state index contributed by atoms with van der Waals surface area (Å²) in [5, 5.41) is 20.4. The second-order valence-corrected chi connectivity index (χ2v) is 6.55. The molecule has 1 atom stereocenters. The van der Waals surface area contributed by atoms with E-state index in [9.17, 15) is 23.1 Å². The summed E-state index contributed by atoms with van der Waals surface area (Å²) in [5.41, 5.74) is -2.93. The molecule has 1 aromatic carbocycles. The van der Waals surface area contributed by atoms with E-state index in [1.807, 2.05) is 0 Å². The molecule has 2 heterocycles. The third-order valence-corrected chi connectivity index (χ3v) is 4.53. The molecule has 0 bridgehead atoms. The summed E-state index contributed by atoms with van der Waals surface area (Å²) in [6, 6.07) is 5.84. The highest BCUT2D eigenvalue weighted by atomic mass is 35.5. The average Bonchev–Trinajstić information content (AvgIpc) is 3.14. The van der Waals surface area contributed by atoms with Crippen molar-refractivity contribution in [2.75, 3.05) is 0 Å². The number of aromatic amines is 1.